The van der Waals surface area contributed by atoms with Crippen molar-refractivity contribution in [1.82, 2.24) is 0 Å². The lowest BCUT2D eigenvalue weighted by Crippen LogP contribution is -2.26. The zero-order valence-electron chi connectivity index (χ0n) is 9.41. The highest BCUT2D eigenvalue weighted by Gasteiger charge is 2.15. The van der Waals surface area contributed by atoms with Gasteiger partial charge >= 0.3 is 0 Å². The summed E-state index contributed by atoms with van der Waals surface area (Å²) < 4.78 is 13.8. The van der Waals surface area contributed by atoms with Gasteiger partial charge in [-0.3, -0.25) is 0 Å². The number of nitrogens with two attached hydrogens (primary N) is 1. The third-order valence-corrected chi connectivity index (χ3v) is 4.22. The van der Waals surface area contributed by atoms with E-state index in [9.17, 15) is 4.39 Å². The van der Waals surface area contributed by atoms with Gasteiger partial charge in [0.1, 0.15) is 10.8 Å². The van der Waals surface area contributed by atoms with Crippen LogP contribution in [0.15, 0.2) is 18.2 Å². The second-order valence-electron chi connectivity index (χ2n) is 4.12. The van der Waals surface area contributed by atoms with Crippen LogP contribution in [0.25, 0.3) is 0 Å². The first-order chi connectivity index (χ1) is 8.16. The molecule has 2 nitrogen and oxygen atoms in total. The van der Waals surface area contributed by atoms with Crippen LogP contribution in [0.1, 0.15) is 18.4 Å². The summed E-state index contributed by atoms with van der Waals surface area (Å²) in [7, 11) is 0. The van der Waals surface area contributed by atoms with Crippen molar-refractivity contribution in [2.45, 2.75) is 18.9 Å². The summed E-state index contributed by atoms with van der Waals surface area (Å²) in [5.74, 6) is 1.96. The van der Waals surface area contributed by atoms with E-state index in [1.165, 1.54) is 18.2 Å². The quantitative estimate of drug-likeness (QED) is 0.828. The van der Waals surface area contributed by atoms with Crippen molar-refractivity contribution >= 4 is 34.7 Å². The van der Waals surface area contributed by atoms with Crippen LogP contribution in [0.3, 0.4) is 0 Å². The number of thioether (sulfide) groups is 1. The predicted molar refractivity (Wildman–Crippen MR) is 76.3 cm³/mol. The second-order valence-corrected chi connectivity index (χ2v) is 5.71. The first kappa shape index (κ1) is 12.6. The molecule has 1 saturated heterocycles. The predicted octanol–water partition coefficient (Wildman–Crippen LogP) is 2.77. The number of anilines is 1. The number of hydrogen-bond acceptors (Lipinski definition) is 3. The van der Waals surface area contributed by atoms with Crippen molar-refractivity contribution in [1.29, 1.82) is 0 Å². The van der Waals surface area contributed by atoms with E-state index >= 15 is 0 Å². The third kappa shape index (κ3) is 3.33. The number of hydrogen-bond donors (Lipinski definition) is 2. The molecule has 0 saturated carbocycles. The van der Waals surface area contributed by atoms with E-state index in [1.807, 2.05) is 11.8 Å². The van der Waals surface area contributed by atoms with Crippen molar-refractivity contribution in [3.63, 3.8) is 0 Å². The van der Waals surface area contributed by atoms with Gasteiger partial charge in [-0.2, -0.15) is 11.8 Å². The average Bonchev–Trinajstić information content (AvgIpc) is 2.33. The Labute approximate surface area is 110 Å². The molecule has 0 bridgehead atoms. The molecule has 1 fully saturated rings. The molecule has 5 heteroatoms. The van der Waals surface area contributed by atoms with E-state index in [4.69, 9.17) is 18.0 Å². The Morgan fingerprint density at radius 2 is 2.35 bits per heavy atom. The normalized spacial score (nSPS) is 19.9. The Hall–Kier alpha value is -0.810. The molecule has 0 aliphatic carbocycles. The van der Waals surface area contributed by atoms with Gasteiger partial charge in [-0.15, -0.1) is 0 Å². The molecular formula is C12H15FN2S2. The van der Waals surface area contributed by atoms with Crippen LogP contribution in [-0.2, 0) is 0 Å². The lowest BCUT2D eigenvalue weighted by molar-refractivity contribution is 0.619. The highest BCUT2D eigenvalue weighted by atomic mass is 32.2. The number of nitrogens with one attached hydrogen (secondary N) is 1. The molecule has 17 heavy (non-hydrogen) atoms. The molecule has 1 aromatic rings. The zero-order chi connectivity index (χ0) is 12.3. The lowest BCUT2D eigenvalue weighted by atomic mass is 10.1. The smallest absolute Gasteiger partial charge is 0.146 e. The zero-order valence-corrected chi connectivity index (χ0v) is 11.0. The Morgan fingerprint density at radius 1 is 1.53 bits per heavy atom. The van der Waals surface area contributed by atoms with Gasteiger partial charge in [0.05, 0.1) is 5.69 Å². The molecule has 1 aliphatic heterocycles. The number of thiocarbonyl (C=S) groups is 1. The summed E-state index contributed by atoms with van der Waals surface area (Å²) >= 11 is 6.72. The van der Waals surface area contributed by atoms with E-state index in [-0.39, 0.29) is 10.8 Å². The number of rotatable bonds is 3. The van der Waals surface area contributed by atoms with Crippen LogP contribution in [0.2, 0.25) is 0 Å². The molecule has 1 atom stereocenters. The molecule has 1 unspecified atom stereocenters. The fourth-order valence-corrected chi connectivity index (χ4v) is 3.06. The van der Waals surface area contributed by atoms with Crippen molar-refractivity contribution in [2.24, 2.45) is 5.73 Å². The Kier molecular flexibility index (Phi) is 4.23. The maximum Gasteiger partial charge on any atom is 0.146 e. The van der Waals surface area contributed by atoms with Crippen LogP contribution >= 0.6 is 24.0 Å². The minimum absolute atomic E-state index is 0.226. The molecule has 0 aromatic heterocycles. The summed E-state index contributed by atoms with van der Waals surface area (Å²) in [6.07, 6.45) is 2.29. The Bertz CT molecular complexity index is 417. The van der Waals surface area contributed by atoms with E-state index in [0.717, 1.165) is 12.2 Å². The summed E-state index contributed by atoms with van der Waals surface area (Å²) in [6.45, 7) is 0. The fourth-order valence-electron chi connectivity index (χ4n) is 1.86. The van der Waals surface area contributed by atoms with Gasteiger partial charge in [0, 0.05) is 17.4 Å². The van der Waals surface area contributed by atoms with Gasteiger partial charge in [0.25, 0.3) is 0 Å². The second kappa shape index (κ2) is 5.69. The van der Waals surface area contributed by atoms with Crippen LogP contribution in [0, 0.1) is 5.82 Å². The van der Waals surface area contributed by atoms with Crippen LogP contribution in [0.4, 0.5) is 10.1 Å². The van der Waals surface area contributed by atoms with Crippen molar-refractivity contribution in [3.8, 4) is 0 Å². The standard InChI is InChI=1S/C12H15FN2S2/c13-10-6-8(12(14)16)3-4-11(10)15-9-2-1-5-17-7-9/h3-4,6,9,15H,1-2,5,7H2,(H2,14,16). The van der Waals surface area contributed by atoms with Crippen molar-refractivity contribution < 1.29 is 4.39 Å². The van der Waals surface area contributed by atoms with E-state index in [1.54, 1.807) is 12.1 Å². The Balaban J connectivity index is 2.08. The first-order valence-electron chi connectivity index (χ1n) is 5.60. The van der Waals surface area contributed by atoms with Crippen molar-refractivity contribution in [3.05, 3.63) is 29.6 Å². The topological polar surface area (TPSA) is 38.0 Å². The average molecular weight is 270 g/mol. The van der Waals surface area contributed by atoms with Gasteiger partial charge in [-0.05, 0) is 36.8 Å². The summed E-state index contributed by atoms with van der Waals surface area (Å²) in [6, 6.07) is 5.21. The molecule has 1 aliphatic rings. The van der Waals surface area contributed by atoms with Gasteiger partial charge in [-0.25, -0.2) is 4.39 Å². The lowest BCUT2D eigenvalue weighted by Gasteiger charge is -2.23. The maximum atomic E-state index is 13.8. The molecule has 1 aromatic carbocycles. The molecule has 0 amide bonds. The Morgan fingerprint density at radius 3 is 2.94 bits per heavy atom. The van der Waals surface area contributed by atoms with Crippen LogP contribution in [-0.4, -0.2) is 22.5 Å². The molecule has 0 radical (unpaired) electrons. The van der Waals surface area contributed by atoms with Gasteiger partial charge in [0.2, 0.25) is 0 Å². The maximum absolute atomic E-state index is 13.8. The molecular weight excluding hydrogens is 255 g/mol. The summed E-state index contributed by atoms with van der Waals surface area (Å²) in [5.41, 5.74) is 6.57. The summed E-state index contributed by atoms with van der Waals surface area (Å²) in [5, 5.41) is 3.24. The van der Waals surface area contributed by atoms with Crippen LogP contribution in [0.5, 0.6) is 0 Å². The first-order valence-corrected chi connectivity index (χ1v) is 7.17. The molecule has 2 rings (SSSR count). The van der Waals surface area contributed by atoms with Gasteiger partial charge in [0.15, 0.2) is 0 Å². The monoisotopic (exact) mass is 270 g/mol. The van der Waals surface area contributed by atoms with Crippen LogP contribution < -0.4 is 11.1 Å². The highest BCUT2D eigenvalue weighted by Crippen LogP contribution is 2.23. The minimum atomic E-state index is -0.286. The van der Waals surface area contributed by atoms with E-state index in [2.05, 4.69) is 5.32 Å². The minimum Gasteiger partial charge on any atom is -0.389 e. The molecule has 3 N–H and O–H groups in total. The SMILES string of the molecule is NC(=S)c1ccc(NC2CCCSC2)c(F)c1. The number of halogens is 1. The van der Waals surface area contributed by atoms with E-state index in [0.29, 0.717) is 17.3 Å². The van der Waals surface area contributed by atoms with E-state index < -0.39 is 0 Å². The third-order valence-electron chi connectivity index (χ3n) is 2.77. The largest absolute Gasteiger partial charge is 0.389 e. The molecule has 92 valence electrons. The molecule has 0 spiro atoms. The fraction of sp³-hybridized carbons (Fsp3) is 0.417. The highest BCUT2D eigenvalue weighted by molar-refractivity contribution is 7.99. The van der Waals surface area contributed by atoms with Crippen molar-refractivity contribution in [2.75, 3.05) is 16.8 Å². The van der Waals surface area contributed by atoms with Gasteiger partial charge < -0.3 is 11.1 Å². The van der Waals surface area contributed by atoms with Gasteiger partial charge in [-0.1, -0.05) is 12.2 Å². The molecule has 1 heterocycles. The summed E-state index contributed by atoms with van der Waals surface area (Å²) in [4.78, 5) is 0.226. The number of benzene rings is 1.